The van der Waals surface area contributed by atoms with Gasteiger partial charge in [-0.1, -0.05) is 0 Å². The SMILES string of the molecule is COCCNC(=O)C(CCCNC(=N)N)NC(=O)[C@@H](CCCNC(=N)N)NC(=O)CNC(=O)CNC(=O)C(CCCNC(=N)N)NC(=O)[C@@H](CCCNC(=N)N)NC(=O)C(CCCNC(=N)N)NC(=O)CNC(=O)CNC(=O)[C@@H](CCCNC(=N)N)NC(=O)C(CCCNC(=N)N)NC(=O)[C@@H](CCCNC(=N)N)NC(C)=O. The third-order valence-corrected chi connectivity index (χ3v) is 15.4. The predicted octanol–water partition coefficient (Wildman–Crippen LogP) is -13.8. The fourth-order valence-electron chi connectivity index (χ4n) is 9.95. The number of hydrogen-bond donors (Lipinski definition) is 37. The van der Waals surface area contributed by atoms with E-state index >= 15 is 0 Å². The van der Waals surface area contributed by atoms with E-state index in [2.05, 4.69) is 112 Å². The lowest BCUT2D eigenvalue weighted by Gasteiger charge is -2.26. The van der Waals surface area contributed by atoms with Crippen LogP contribution >= 0.6 is 0 Å². The summed E-state index contributed by atoms with van der Waals surface area (Å²) in [6, 6.07) is -10.9. The molecule has 0 bridgehead atoms. The summed E-state index contributed by atoms with van der Waals surface area (Å²) in [6.45, 7) is -1.12. The van der Waals surface area contributed by atoms with Gasteiger partial charge in [0.2, 0.25) is 76.8 Å². The Morgan fingerprint density at radius 1 is 0.241 bits per heavy atom. The number of carbonyl (C=O) groups excluding carboxylic acids is 13. The van der Waals surface area contributed by atoms with Crippen molar-refractivity contribution in [1.82, 2.24) is 112 Å². The molecule has 51 heteroatoms. The average Bonchev–Trinajstić information content (AvgIpc) is 0.875. The molecule has 8 atom stereocenters. The minimum atomic E-state index is -1.53. The van der Waals surface area contributed by atoms with Crippen molar-refractivity contribution in [1.29, 1.82) is 43.3 Å². The van der Waals surface area contributed by atoms with Gasteiger partial charge in [-0.25, -0.2) is 0 Å². The lowest BCUT2D eigenvalue weighted by molar-refractivity contribution is -0.134. The Morgan fingerprint density at radius 3 is 0.634 bits per heavy atom. The molecule has 0 rings (SSSR count). The molecule has 0 saturated heterocycles. The van der Waals surface area contributed by atoms with Crippen molar-refractivity contribution in [3.8, 4) is 0 Å². The maximum atomic E-state index is 14.4. The Labute approximate surface area is 647 Å². The number of ether oxygens (including phenoxy) is 1. The summed E-state index contributed by atoms with van der Waals surface area (Å²) in [7, 11) is 1.42. The Bertz CT molecular complexity index is 3160. The zero-order chi connectivity index (χ0) is 84.5. The first-order valence-corrected chi connectivity index (χ1v) is 35.8. The van der Waals surface area contributed by atoms with Gasteiger partial charge in [0.05, 0.1) is 32.8 Å². The van der Waals surface area contributed by atoms with E-state index in [1.165, 1.54) is 14.0 Å². The molecule has 632 valence electrons. The summed E-state index contributed by atoms with van der Waals surface area (Å²) in [5.41, 5.74) is 43.4. The topological polar surface area (TPSA) is 883 Å². The zero-order valence-corrected chi connectivity index (χ0v) is 63.2. The van der Waals surface area contributed by atoms with Gasteiger partial charge in [0.1, 0.15) is 48.3 Å². The van der Waals surface area contributed by atoms with Gasteiger partial charge in [-0.05, 0) is 103 Å². The lowest BCUT2D eigenvalue weighted by Crippen LogP contribution is -2.58. The molecule has 51 nitrogen and oxygen atoms in total. The first kappa shape index (κ1) is 99.2. The third kappa shape index (κ3) is 51.5. The molecule has 0 saturated carbocycles. The van der Waals surface area contributed by atoms with E-state index in [0.29, 0.717) is 0 Å². The minimum absolute atomic E-state index is 0.00144. The monoisotopic (exact) mass is 1590 g/mol. The molecule has 0 aliphatic heterocycles. The second kappa shape index (κ2) is 58.3. The molecule has 0 spiro atoms. The third-order valence-electron chi connectivity index (χ3n) is 15.4. The van der Waals surface area contributed by atoms with E-state index in [0.717, 1.165) is 0 Å². The molecule has 0 fully saturated rings. The smallest absolute Gasteiger partial charge is 0.243 e. The van der Waals surface area contributed by atoms with E-state index in [-0.39, 0.29) is 192 Å². The molecule has 0 aliphatic rings. The number of rotatable bonds is 59. The highest BCUT2D eigenvalue weighted by Gasteiger charge is 2.33. The van der Waals surface area contributed by atoms with Crippen molar-refractivity contribution in [2.75, 3.05) is 98.8 Å². The number of nitrogens with two attached hydrogens (primary N) is 8. The summed E-state index contributed by atoms with van der Waals surface area (Å²) < 4.78 is 4.99. The van der Waals surface area contributed by atoms with Crippen LogP contribution in [0.5, 0.6) is 0 Å². The first-order chi connectivity index (χ1) is 52.9. The second-order valence-corrected chi connectivity index (χ2v) is 24.9. The molecule has 0 aromatic heterocycles. The highest BCUT2D eigenvalue weighted by atomic mass is 16.5. The van der Waals surface area contributed by atoms with Gasteiger partial charge < -0.3 is 162 Å². The van der Waals surface area contributed by atoms with Gasteiger partial charge >= 0.3 is 0 Å². The Morgan fingerprint density at radius 2 is 0.429 bits per heavy atom. The summed E-state index contributed by atoms with van der Waals surface area (Å²) >= 11 is 0. The molecular weight excluding hydrogens is 1470 g/mol. The van der Waals surface area contributed by atoms with Crippen LogP contribution in [0.4, 0.5) is 0 Å². The van der Waals surface area contributed by atoms with Crippen LogP contribution in [0.25, 0.3) is 0 Å². The maximum absolute atomic E-state index is 14.4. The number of guanidine groups is 8. The van der Waals surface area contributed by atoms with Gasteiger partial charge in [-0.3, -0.25) is 106 Å². The van der Waals surface area contributed by atoms with Gasteiger partial charge in [0.15, 0.2) is 47.7 Å². The average molecular weight is 1590 g/mol. The molecule has 4 unspecified atom stereocenters. The first-order valence-electron chi connectivity index (χ1n) is 35.8. The molecule has 0 aromatic carbocycles. The number of hydrogen-bond acceptors (Lipinski definition) is 22. The summed E-state index contributed by atoms with van der Waals surface area (Å²) in [5.74, 6) is -14.2. The van der Waals surface area contributed by atoms with E-state index in [9.17, 15) is 62.3 Å². The molecular formula is C61H119N37O14. The van der Waals surface area contributed by atoms with E-state index in [1.807, 2.05) is 0 Å². The zero-order valence-electron chi connectivity index (χ0n) is 63.2. The van der Waals surface area contributed by atoms with Crippen molar-refractivity contribution < 1.29 is 67.1 Å². The van der Waals surface area contributed by atoms with Crippen LogP contribution in [-0.2, 0) is 67.1 Å². The van der Waals surface area contributed by atoms with E-state index < -0.39 is 175 Å². The Balaban J connectivity index is 6.72. The number of amides is 13. The van der Waals surface area contributed by atoms with Crippen molar-refractivity contribution in [2.24, 2.45) is 45.9 Å². The molecule has 112 heavy (non-hydrogen) atoms. The van der Waals surface area contributed by atoms with Crippen molar-refractivity contribution >= 4 is 124 Å². The summed E-state index contributed by atoms with van der Waals surface area (Å²) in [6.07, 6.45) is 0.366. The highest BCUT2D eigenvalue weighted by molar-refractivity contribution is 5.98. The fourth-order valence-corrected chi connectivity index (χ4v) is 9.95. The molecule has 0 aliphatic carbocycles. The van der Waals surface area contributed by atoms with Gasteiger partial charge in [0, 0.05) is 72.9 Å². The summed E-state index contributed by atoms with van der Waals surface area (Å²) in [4.78, 5) is 177. The Hall–Kier alpha value is -12.8. The standard InChI is InChI=1S/C61H119N37O14/c1-33(99)91-37(14-6-22-82-57(68)69)49(107)97-40(17-9-25-85-60(74)75)52(110)95-35(12-4-20-80-55(64)65)47(105)89-30-43(101)88-32-45(103)93-39(16-8-24-84-59(72)73)51(109)98-41(18-10-26-86-61(76)77)53(111)96-36(13-5-21-81-56(66)67)48(106)90-29-42(100)87-31-44(102)92-38(15-7-23-83-58(70)71)50(108)94-34(11-3-19-79-54(62)63)46(104)78-27-28-112-2/h34-41H,3-32H2,1-2H3,(H,78,104)(H,87,100)(H,88,101)(H,89,105)(H,90,106)(H,91,99)(H,92,102)(H,93,103)(H,94,108)(H,95,110)(H,96,111)(H,97,107)(H,98,109)(H4,62,63,79)(H4,64,65,80)(H4,66,67,81)(H4,68,69,82)(H4,70,71,83)(H4,72,73,84)(H4,74,75,85)(H4,76,77,86)/t34?,35-,36?,37-,38-,39?,40?,41-/m1/s1. The van der Waals surface area contributed by atoms with E-state index in [4.69, 9.17) is 93.9 Å². The van der Waals surface area contributed by atoms with Crippen molar-refractivity contribution in [2.45, 2.75) is 158 Å². The molecule has 45 N–H and O–H groups in total. The quantitative estimate of drug-likeness (QED) is 0.0153. The minimum Gasteiger partial charge on any atom is -0.383 e. The second-order valence-electron chi connectivity index (χ2n) is 24.9. The number of methoxy groups -OCH3 is 1. The van der Waals surface area contributed by atoms with Crippen LogP contribution in [0.15, 0.2) is 0 Å². The van der Waals surface area contributed by atoms with Crippen LogP contribution in [0.1, 0.15) is 110 Å². The Kier molecular flexibility index (Phi) is 51.6. The van der Waals surface area contributed by atoms with Crippen LogP contribution in [-0.4, -0.2) is 272 Å². The maximum Gasteiger partial charge on any atom is 0.243 e. The van der Waals surface area contributed by atoms with E-state index in [1.54, 1.807) is 0 Å². The van der Waals surface area contributed by atoms with Gasteiger partial charge in [-0.2, -0.15) is 0 Å². The number of nitrogens with one attached hydrogen (secondary N) is 29. The van der Waals surface area contributed by atoms with Crippen LogP contribution in [0.3, 0.4) is 0 Å². The van der Waals surface area contributed by atoms with Crippen molar-refractivity contribution in [3.05, 3.63) is 0 Å². The van der Waals surface area contributed by atoms with Crippen molar-refractivity contribution in [3.63, 3.8) is 0 Å². The lowest BCUT2D eigenvalue weighted by atomic mass is 10.1. The van der Waals surface area contributed by atoms with Gasteiger partial charge in [0.25, 0.3) is 0 Å². The predicted molar refractivity (Wildman–Crippen MR) is 411 cm³/mol. The molecule has 0 radical (unpaired) electrons. The van der Waals surface area contributed by atoms with Crippen LogP contribution in [0.2, 0.25) is 0 Å². The van der Waals surface area contributed by atoms with Crippen LogP contribution in [0, 0.1) is 43.3 Å². The molecule has 0 heterocycles. The normalized spacial score (nSPS) is 12.6. The highest BCUT2D eigenvalue weighted by Crippen LogP contribution is 2.09. The fraction of sp³-hybridized carbons (Fsp3) is 0.656. The molecule has 13 amide bonds. The largest absolute Gasteiger partial charge is 0.383 e. The van der Waals surface area contributed by atoms with Crippen LogP contribution < -0.4 is 158 Å². The number of carbonyl (C=O) groups is 13. The summed E-state index contributed by atoms with van der Waals surface area (Å²) in [5, 5.41) is 113. The molecule has 0 aromatic rings. The van der Waals surface area contributed by atoms with Gasteiger partial charge in [-0.15, -0.1) is 0 Å².